The minimum atomic E-state index is -0.629. The van der Waals surface area contributed by atoms with Crippen LogP contribution in [0.3, 0.4) is 0 Å². The second-order valence-electron chi connectivity index (χ2n) is 4.09. The highest BCUT2D eigenvalue weighted by atomic mass is 35.5. The Bertz CT molecular complexity index is 430. The van der Waals surface area contributed by atoms with Gasteiger partial charge in [-0.05, 0) is 30.5 Å². The zero-order valence-corrected chi connectivity index (χ0v) is 10.1. The van der Waals surface area contributed by atoms with Gasteiger partial charge in [0.05, 0.1) is 15.6 Å². The monoisotopic (exact) mass is 258 g/mol. The van der Waals surface area contributed by atoms with Crippen molar-refractivity contribution in [2.24, 2.45) is 5.73 Å². The fourth-order valence-electron chi connectivity index (χ4n) is 1.37. The van der Waals surface area contributed by atoms with E-state index in [-0.39, 0.29) is 5.91 Å². The number of carbonyl (C=O) groups is 1. The second-order valence-corrected chi connectivity index (χ2v) is 4.90. The quantitative estimate of drug-likeness (QED) is 0.873. The summed E-state index contributed by atoms with van der Waals surface area (Å²) in [6, 6.07) is 5.27. The van der Waals surface area contributed by atoms with Crippen LogP contribution in [0.15, 0.2) is 18.2 Å². The van der Waals surface area contributed by atoms with E-state index in [4.69, 9.17) is 28.9 Å². The minimum Gasteiger partial charge on any atom is -0.350 e. The van der Waals surface area contributed by atoms with Gasteiger partial charge in [-0.1, -0.05) is 29.3 Å². The molecular weight excluding hydrogens is 247 g/mol. The summed E-state index contributed by atoms with van der Waals surface area (Å²) in [5.74, 6) is -0.0985. The molecule has 2 rings (SSSR count). The number of amides is 1. The number of nitrogens with two attached hydrogens (primary N) is 1. The van der Waals surface area contributed by atoms with Gasteiger partial charge in [-0.3, -0.25) is 4.79 Å². The molecule has 1 aromatic carbocycles. The summed E-state index contributed by atoms with van der Waals surface area (Å²) in [7, 11) is 0. The molecule has 16 heavy (non-hydrogen) atoms. The van der Waals surface area contributed by atoms with Crippen LogP contribution in [0.25, 0.3) is 0 Å². The highest BCUT2D eigenvalue weighted by Crippen LogP contribution is 2.32. The number of nitrogens with one attached hydrogen (secondary N) is 1. The Morgan fingerprint density at radius 1 is 1.38 bits per heavy atom. The first-order chi connectivity index (χ1) is 7.51. The maximum atomic E-state index is 11.6. The summed E-state index contributed by atoms with van der Waals surface area (Å²) in [6.45, 7) is 0.425. The molecule has 0 saturated heterocycles. The van der Waals surface area contributed by atoms with E-state index in [0.29, 0.717) is 16.6 Å². The molecule has 0 aromatic heterocycles. The van der Waals surface area contributed by atoms with Crippen LogP contribution in [0.4, 0.5) is 0 Å². The van der Waals surface area contributed by atoms with E-state index in [0.717, 1.165) is 18.4 Å². The number of carbonyl (C=O) groups excluding carboxylic acids is 1. The van der Waals surface area contributed by atoms with Crippen molar-refractivity contribution in [2.75, 3.05) is 0 Å². The molecule has 1 amide bonds. The standard InChI is InChI=1S/C11H12Cl2N2O/c12-8-2-1-7(5-9(8)13)6-15-10(16)11(14)3-4-11/h1-2,5H,3-4,6,14H2,(H,15,16). The van der Waals surface area contributed by atoms with Crippen molar-refractivity contribution in [3.63, 3.8) is 0 Å². The third kappa shape index (κ3) is 2.48. The summed E-state index contributed by atoms with van der Waals surface area (Å²) < 4.78 is 0. The molecule has 1 aliphatic rings. The van der Waals surface area contributed by atoms with Crippen LogP contribution in [-0.4, -0.2) is 11.4 Å². The summed E-state index contributed by atoms with van der Waals surface area (Å²) in [5.41, 5.74) is 6.03. The molecular formula is C11H12Cl2N2O. The molecule has 0 unspecified atom stereocenters. The highest BCUT2D eigenvalue weighted by Gasteiger charge is 2.45. The molecule has 3 N–H and O–H groups in total. The molecule has 1 fully saturated rings. The number of hydrogen-bond donors (Lipinski definition) is 2. The molecule has 1 aliphatic carbocycles. The summed E-state index contributed by atoms with van der Waals surface area (Å²) in [6.07, 6.45) is 1.53. The van der Waals surface area contributed by atoms with Gasteiger partial charge >= 0.3 is 0 Å². The minimum absolute atomic E-state index is 0.0985. The van der Waals surface area contributed by atoms with E-state index in [9.17, 15) is 4.79 Å². The van der Waals surface area contributed by atoms with Crippen LogP contribution in [0.2, 0.25) is 10.0 Å². The normalized spacial score (nSPS) is 16.9. The van der Waals surface area contributed by atoms with Crippen LogP contribution in [0.5, 0.6) is 0 Å². The fraction of sp³-hybridized carbons (Fsp3) is 0.364. The summed E-state index contributed by atoms with van der Waals surface area (Å²) in [5, 5.41) is 3.78. The van der Waals surface area contributed by atoms with E-state index in [1.807, 2.05) is 6.07 Å². The first-order valence-corrected chi connectivity index (χ1v) is 5.78. The molecule has 0 atom stereocenters. The van der Waals surface area contributed by atoms with Crippen LogP contribution in [0.1, 0.15) is 18.4 Å². The van der Waals surface area contributed by atoms with Crippen molar-refractivity contribution in [3.8, 4) is 0 Å². The van der Waals surface area contributed by atoms with Crippen LogP contribution < -0.4 is 11.1 Å². The Labute approximate surface area is 104 Å². The van der Waals surface area contributed by atoms with Gasteiger partial charge in [-0.15, -0.1) is 0 Å². The zero-order valence-electron chi connectivity index (χ0n) is 8.59. The van der Waals surface area contributed by atoms with E-state index >= 15 is 0 Å². The first-order valence-electron chi connectivity index (χ1n) is 5.02. The molecule has 0 aliphatic heterocycles. The zero-order chi connectivity index (χ0) is 11.8. The van der Waals surface area contributed by atoms with E-state index in [1.54, 1.807) is 12.1 Å². The topological polar surface area (TPSA) is 55.1 Å². The molecule has 1 saturated carbocycles. The molecule has 5 heteroatoms. The lowest BCUT2D eigenvalue weighted by molar-refractivity contribution is -0.123. The van der Waals surface area contributed by atoms with Crippen molar-refractivity contribution < 1.29 is 4.79 Å². The molecule has 0 radical (unpaired) electrons. The summed E-state index contributed by atoms with van der Waals surface area (Å²) in [4.78, 5) is 11.6. The molecule has 0 heterocycles. The Kier molecular flexibility index (Phi) is 3.10. The second kappa shape index (κ2) is 4.24. The third-order valence-electron chi connectivity index (χ3n) is 2.68. The van der Waals surface area contributed by atoms with Gasteiger partial charge in [0.25, 0.3) is 0 Å². The molecule has 86 valence electrons. The molecule has 1 aromatic rings. The maximum Gasteiger partial charge on any atom is 0.240 e. The number of rotatable bonds is 3. The number of hydrogen-bond acceptors (Lipinski definition) is 2. The van der Waals surface area contributed by atoms with Crippen molar-refractivity contribution >= 4 is 29.1 Å². The Morgan fingerprint density at radius 3 is 2.62 bits per heavy atom. The van der Waals surface area contributed by atoms with Gasteiger partial charge in [-0.25, -0.2) is 0 Å². The van der Waals surface area contributed by atoms with Gasteiger partial charge < -0.3 is 11.1 Å². The van der Waals surface area contributed by atoms with Gasteiger partial charge in [-0.2, -0.15) is 0 Å². The SMILES string of the molecule is NC1(C(=O)NCc2ccc(Cl)c(Cl)c2)CC1. The Balaban J connectivity index is 1.94. The van der Waals surface area contributed by atoms with Crippen molar-refractivity contribution in [3.05, 3.63) is 33.8 Å². The van der Waals surface area contributed by atoms with Crippen LogP contribution in [0, 0.1) is 0 Å². The van der Waals surface area contributed by atoms with Crippen molar-refractivity contribution in [2.45, 2.75) is 24.9 Å². The van der Waals surface area contributed by atoms with E-state index in [1.165, 1.54) is 0 Å². The van der Waals surface area contributed by atoms with Crippen molar-refractivity contribution in [1.29, 1.82) is 0 Å². The van der Waals surface area contributed by atoms with E-state index < -0.39 is 5.54 Å². The Hall–Kier alpha value is -0.770. The largest absolute Gasteiger partial charge is 0.350 e. The summed E-state index contributed by atoms with van der Waals surface area (Å²) >= 11 is 11.6. The number of benzene rings is 1. The van der Waals surface area contributed by atoms with Gasteiger partial charge in [0.2, 0.25) is 5.91 Å². The third-order valence-corrected chi connectivity index (χ3v) is 3.42. The van der Waals surface area contributed by atoms with Gasteiger partial charge in [0.15, 0.2) is 0 Å². The average molecular weight is 259 g/mol. The van der Waals surface area contributed by atoms with Gasteiger partial charge in [0, 0.05) is 6.54 Å². The lowest BCUT2D eigenvalue weighted by Crippen LogP contribution is -2.42. The number of halogens is 2. The Morgan fingerprint density at radius 2 is 2.06 bits per heavy atom. The smallest absolute Gasteiger partial charge is 0.240 e. The van der Waals surface area contributed by atoms with Gasteiger partial charge in [0.1, 0.15) is 0 Å². The first kappa shape index (κ1) is 11.7. The average Bonchev–Trinajstić information content (AvgIpc) is 2.99. The molecule has 3 nitrogen and oxygen atoms in total. The molecule has 0 spiro atoms. The fourth-order valence-corrected chi connectivity index (χ4v) is 1.69. The predicted octanol–water partition coefficient (Wildman–Crippen LogP) is 2.10. The van der Waals surface area contributed by atoms with Crippen molar-refractivity contribution in [1.82, 2.24) is 5.32 Å². The van der Waals surface area contributed by atoms with E-state index in [2.05, 4.69) is 5.32 Å². The van der Waals surface area contributed by atoms with Crippen LogP contribution >= 0.6 is 23.2 Å². The lowest BCUT2D eigenvalue weighted by Gasteiger charge is -2.10. The van der Waals surface area contributed by atoms with Crippen LogP contribution in [-0.2, 0) is 11.3 Å². The molecule has 0 bridgehead atoms. The predicted molar refractivity (Wildman–Crippen MR) is 64.5 cm³/mol. The maximum absolute atomic E-state index is 11.6. The highest BCUT2D eigenvalue weighted by molar-refractivity contribution is 6.42. The lowest BCUT2D eigenvalue weighted by atomic mass is 10.2.